The van der Waals surface area contributed by atoms with Gasteiger partial charge in [0.15, 0.2) is 6.10 Å². The Kier molecular flexibility index (Phi) is 6.05. The minimum absolute atomic E-state index is 0.0723. The van der Waals surface area contributed by atoms with Crippen molar-refractivity contribution in [3.05, 3.63) is 65.2 Å². The largest absolute Gasteiger partial charge is 0.476 e. The van der Waals surface area contributed by atoms with Crippen LogP contribution >= 0.6 is 0 Å². The summed E-state index contributed by atoms with van der Waals surface area (Å²) in [5.41, 5.74) is 3.58. The molecule has 0 aromatic heterocycles. The lowest BCUT2D eigenvalue weighted by Gasteiger charge is -2.35. The third-order valence-corrected chi connectivity index (χ3v) is 7.55. The van der Waals surface area contributed by atoms with E-state index in [-0.39, 0.29) is 17.3 Å². The Morgan fingerprint density at radius 2 is 1.84 bits per heavy atom. The van der Waals surface area contributed by atoms with Crippen LogP contribution in [0.1, 0.15) is 36.8 Å². The van der Waals surface area contributed by atoms with E-state index in [1.807, 2.05) is 19.9 Å². The third-order valence-electron chi connectivity index (χ3n) is 5.76. The quantitative estimate of drug-likeness (QED) is 0.716. The molecule has 0 fully saturated rings. The van der Waals surface area contributed by atoms with Gasteiger partial charge in [-0.3, -0.25) is 9.10 Å². The number of sulfonamides is 1. The van der Waals surface area contributed by atoms with E-state index in [1.54, 1.807) is 36.4 Å². The van der Waals surface area contributed by atoms with E-state index in [1.165, 1.54) is 16.3 Å². The van der Waals surface area contributed by atoms with Gasteiger partial charge >= 0.3 is 0 Å². The molecule has 2 aliphatic rings. The average Bonchev–Trinajstić information content (AvgIpc) is 2.77. The van der Waals surface area contributed by atoms with Gasteiger partial charge in [-0.2, -0.15) is 0 Å². The Labute approximate surface area is 184 Å². The smallest absolute Gasteiger partial charge is 0.264 e. The maximum Gasteiger partial charge on any atom is 0.264 e. The lowest BCUT2D eigenvalue weighted by molar-refractivity contribution is -0.127. The molecule has 1 amide bonds. The number of hydrogen-bond acceptors (Lipinski definition) is 4. The highest BCUT2D eigenvalue weighted by atomic mass is 32.2. The number of benzene rings is 2. The fourth-order valence-electron chi connectivity index (χ4n) is 3.94. The summed E-state index contributed by atoms with van der Waals surface area (Å²) in [6, 6.07) is 12.1. The van der Waals surface area contributed by atoms with Crippen molar-refractivity contribution in [3.8, 4) is 5.75 Å². The Balaban J connectivity index is 1.61. The molecular weight excluding hydrogens is 412 g/mol. The highest BCUT2D eigenvalue weighted by Gasteiger charge is 2.37. The van der Waals surface area contributed by atoms with E-state index < -0.39 is 16.1 Å². The van der Waals surface area contributed by atoms with Crippen molar-refractivity contribution in [1.82, 2.24) is 5.32 Å². The van der Waals surface area contributed by atoms with Crippen LogP contribution in [-0.4, -0.2) is 33.5 Å². The summed E-state index contributed by atoms with van der Waals surface area (Å²) in [6.07, 6.45) is 5.61. The number of nitrogens with one attached hydrogen (secondary N) is 1. The predicted octanol–water partition coefficient (Wildman–Crippen LogP) is 3.88. The number of amides is 1. The van der Waals surface area contributed by atoms with Crippen molar-refractivity contribution >= 4 is 21.6 Å². The second kappa shape index (κ2) is 8.75. The van der Waals surface area contributed by atoms with Crippen molar-refractivity contribution in [3.63, 3.8) is 0 Å². The fourth-order valence-corrected chi connectivity index (χ4v) is 5.42. The highest BCUT2D eigenvalue weighted by molar-refractivity contribution is 7.92. The van der Waals surface area contributed by atoms with Crippen molar-refractivity contribution in [1.29, 1.82) is 0 Å². The third kappa shape index (κ3) is 4.61. The van der Waals surface area contributed by atoms with Gasteiger partial charge in [0.05, 0.1) is 17.1 Å². The summed E-state index contributed by atoms with van der Waals surface area (Å²) in [7, 11) is -3.84. The van der Waals surface area contributed by atoms with Crippen molar-refractivity contribution in [2.45, 2.75) is 50.5 Å². The molecule has 0 radical (unpaired) electrons. The van der Waals surface area contributed by atoms with Crippen LogP contribution in [0, 0.1) is 13.8 Å². The Morgan fingerprint density at radius 3 is 2.55 bits per heavy atom. The summed E-state index contributed by atoms with van der Waals surface area (Å²) in [5.74, 6) is 0.0988. The molecule has 0 saturated carbocycles. The van der Waals surface area contributed by atoms with Gasteiger partial charge in [-0.05, 0) is 69.4 Å². The van der Waals surface area contributed by atoms with E-state index in [4.69, 9.17) is 4.74 Å². The molecule has 0 spiro atoms. The highest BCUT2D eigenvalue weighted by Crippen LogP contribution is 2.37. The molecule has 0 saturated heterocycles. The molecule has 31 heavy (non-hydrogen) atoms. The molecule has 1 unspecified atom stereocenters. The summed E-state index contributed by atoms with van der Waals surface area (Å²) in [5, 5.41) is 2.93. The van der Waals surface area contributed by atoms with Gasteiger partial charge in [0, 0.05) is 6.54 Å². The fraction of sp³-hybridized carbons (Fsp3) is 0.375. The first-order valence-corrected chi connectivity index (χ1v) is 12.1. The zero-order valence-corrected chi connectivity index (χ0v) is 18.7. The molecule has 1 atom stereocenters. The van der Waals surface area contributed by atoms with Crippen molar-refractivity contribution < 1.29 is 17.9 Å². The Morgan fingerprint density at radius 1 is 1.10 bits per heavy atom. The second-order valence-corrected chi connectivity index (χ2v) is 10.1. The SMILES string of the molecule is Cc1ccc(S(=O)(=O)N2CC(C(=O)NCC3=CCCCC3)Oc3cc(C)ccc32)cc1. The van der Waals surface area contributed by atoms with Crippen LogP contribution in [0.4, 0.5) is 5.69 Å². The molecule has 2 aromatic carbocycles. The van der Waals surface area contributed by atoms with Crippen LogP contribution in [0.5, 0.6) is 5.75 Å². The summed E-state index contributed by atoms with van der Waals surface area (Å²) < 4.78 is 34.1. The number of carbonyl (C=O) groups is 1. The number of carbonyl (C=O) groups excluding carboxylic acids is 1. The van der Waals surface area contributed by atoms with Gasteiger partial charge in [-0.1, -0.05) is 35.4 Å². The summed E-state index contributed by atoms with van der Waals surface area (Å²) in [6.45, 7) is 4.22. The van der Waals surface area contributed by atoms with Crippen molar-refractivity contribution in [2.75, 3.05) is 17.4 Å². The molecule has 4 rings (SSSR count). The molecule has 0 bridgehead atoms. The lowest BCUT2D eigenvalue weighted by atomic mass is 10.00. The zero-order chi connectivity index (χ0) is 22.0. The average molecular weight is 441 g/mol. The molecule has 1 N–H and O–H groups in total. The van der Waals surface area contributed by atoms with Gasteiger partial charge in [0.25, 0.3) is 15.9 Å². The number of rotatable bonds is 5. The standard InChI is InChI=1S/C24H28N2O4S/c1-17-8-11-20(12-9-17)31(28,29)26-16-23(30-22-14-18(2)10-13-21(22)26)24(27)25-15-19-6-4-3-5-7-19/h6,8-14,23H,3-5,7,15-16H2,1-2H3,(H,25,27). The molecule has 7 heteroatoms. The topological polar surface area (TPSA) is 75.7 Å². The van der Waals surface area contributed by atoms with Gasteiger partial charge in [-0.25, -0.2) is 8.42 Å². The molecule has 6 nitrogen and oxygen atoms in total. The Hall–Kier alpha value is -2.80. The number of aryl methyl sites for hydroxylation is 2. The van der Waals surface area contributed by atoms with Crippen LogP contribution in [0.25, 0.3) is 0 Å². The van der Waals surface area contributed by atoms with Crippen LogP contribution in [0.15, 0.2) is 59.0 Å². The maximum absolute atomic E-state index is 13.4. The first kappa shape index (κ1) is 21.4. The lowest BCUT2D eigenvalue weighted by Crippen LogP contribution is -2.51. The summed E-state index contributed by atoms with van der Waals surface area (Å²) >= 11 is 0. The first-order chi connectivity index (χ1) is 14.8. The van der Waals surface area contributed by atoms with Crippen LogP contribution in [0.2, 0.25) is 0 Å². The van der Waals surface area contributed by atoms with Crippen LogP contribution in [-0.2, 0) is 14.8 Å². The van der Waals surface area contributed by atoms with Crippen LogP contribution < -0.4 is 14.4 Å². The number of ether oxygens (including phenoxy) is 1. The van der Waals surface area contributed by atoms with E-state index in [9.17, 15) is 13.2 Å². The number of nitrogens with zero attached hydrogens (tertiary/aromatic N) is 1. The normalized spacial score (nSPS) is 18.6. The molecule has 164 valence electrons. The molecule has 2 aromatic rings. The summed E-state index contributed by atoms with van der Waals surface area (Å²) in [4.78, 5) is 13.1. The number of fused-ring (bicyclic) bond motifs is 1. The number of anilines is 1. The van der Waals surface area contributed by atoms with E-state index in [0.29, 0.717) is 18.0 Å². The van der Waals surface area contributed by atoms with Crippen molar-refractivity contribution in [2.24, 2.45) is 0 Å². The van der Waals surface area contributed by atoms with E-state index in [2.05, 4.69) is 11.4 Å². The molecule has 1 heterocycles. The molecular formula is C24H28N2O4S. The number of hydrogen-bond donors (Lipinski definition) is 1. The number of allylic oxidation sites excluding steroid dienone is 1. The predicted molar refractivity (Wildman–Crippen MR) is 121 cm³/mol. The van der Waals surface area contributed by atoms with Crippen LogP contribution in [0.3, 0.4) is 0 Å². The maximum atomic E-state index is 13.4. The molecule has 1 aliphatic heterocycles. The van der Waals surface area contributed by atoms with Gasteiger partial charge < -0.3 is 10.1 Å². The monoisotopic (exact) mass is 440 g/mol. The van der Waals surface area contributed by atoms with E-state index in [0.717, 1.165) is 30.4 Å². The first-order valence-electron chi connectivity index (χ1n) is 10.7. The second-order valence-electron chi connectivity index (χ2n) is 8.25. The van der Waals surface area contributed by atoms with E-state index >= 15 is 0 Å². The van der Waals surface area contributed by atoms with Gasteiger partial charge in [0.2, 0.25) is 0 Å². The zero-order valence-electron chi connectivity index (χ0n) is 17.9. The van der Waals surface area contributed by atoms with Gasteiger partial charge in [-0.15, -0.1) is 0 Å². The molecule has 1 aliphatic carbocycles. The minimum atomic E-state index is -3.84. The minimum Gasteiger partial charge on any atom is -0.476 e. The Bertz CT molecular complexity index is 1110. The van der Waals surface area contributed by atoms with Gasteiger partial charge in [0.1, 0.15) is 5.75 Å².